The number of methoxy groups -OCH3 is 1. The summed E-state index contributed by atoms with van der Waals surface area (Å²) >= 11 is 0. The minimum absolute atomic E-state index is 0.0988. The molecule has 2 heterocycles. The van der Waals surface area contributed by atoms with Crippen LogP contribution in [-0.2, 0) is 48.1 Å². The Morgan fingerprint density at radius 1 is 0.955 bits per heavy atom. The van der Waals surface area contributed by atoms with Gasteiger partial charge in [0.1, 0.15) is 11.4 Å². The molecule has 0 bridgehead atoms. The molecule has 2 saturated heterocycles. The Morgan fingerprint density at radius 2 is 1.55 bits per heavy atom. The summed E-state index contributed by atoms with van der Waals surface area (Å²) in [5.74, 6) is -1.35. The first-order valence-corrected chi connectivity index (χ1v) is 15.0. The smallest absolute Gasteiger partial charge is 0.234 e. The third-order valence-electron chi connectivity index (χ3n) is 8.17. The number of aliphatic hydroxyl groups excluding tert-OH is 1. The molecule has 44 heavy (non-hydrogen) atoms. The number of amides is 2. The number of Topliss-reactive ketones (excluding diaryl/α,β-unsaturated/α-hetero) is 2. The first-order chi connectivity index (χ1) is 21.1. The highest BCUT2D eigenvalue weighted by molar-refractivity contribution is 5.98. The van der Waals surface area contributed by atoms with Gasteiger partial charge in [0.05, 0.1) is 52.2 Å². The number of aliphatic hydroxyl groups is 1. The fourth-order valence-electron chi connectivity index (χ4n) is 5.19. The van der Waals surface area contributed by atoms with E-state index in [1.54, 1.807) is 45.2 Å². The molecule has 11 nitrogen and oxygen atoms in total. The van der Waals surface area contributed by atoms with Crippen LogP contribution in [0.4, 0.5) is 0 Å². The molecule has 4 atom stereocenters. The number of epoxide rings is 1. The maximum Gasteiger partial charge on any atom is 0.234 e. The number of ketones is 2. The van der Waals surface area contributed by atoms with Gasteiger partial charge in [-0.15, -0.1) is 0 Å². The predicted molar refractivity (Wildman–Crippen MR) is 162 cm³/mol. The zero-order valence-electron chi connectivity index (χ0n) is 25.7. The van der Waals surface area contributed by atoms with Crippen molar-refractivity contribution in [2.75, 3.05) is 46.6 Å². The summed E-state index contributed by atoms with van der Waals surface area (Å²) in [4.78, 5) is 55.2. The molecule has 2 aliphatic rings. The number of benzene rings is 2. The van der Waals surface area contributed by atoms with Crippen LogP contribution in [-0.4, -0.2) is 97.6 Å². The first-order valence-electron chi connectivity index (χ1n) is 15.0. The van der Waals surface area contributed by atoms with Crippen LogP contribution in [0.1, 0.15) is 37.0 Å². The molecule has 0 saturated carbocycles. The van der Waals surface area contributed by atoms with Crippen molar-refractivity contribution < 1.29 is 38.5 Å². The van der Waals surface area contributed by atoms with Gasteiger partial charge >= 0.3 is 0 Å². The molecule has 0 spiro atoms. The number of ether oxygens (including phenoxy) is 3. The van der Waals surface area contributed by atoms with E-state index in [1.807, 2.05) is 29.2 Å². The molecule has 2 aromatic carbocycles. The van der Waals surface area contributed by atoms with E-state index >= 15 is 0 Å². The van der Waals surface area contributed by atoms with Gasteiger partial charge in [-0.05, 0) is 55.5 Å². The zero-order valence-corrected chi connectivity index (χ0v) is 25.7. The van der Waals surface area contributed by atoms with Crippen LogP contribution in [0.15, 0.2) is 48.5 Å². The molecule has 0 radical (unpaired) electrons. The van der Waals surface area contributed by atoms with Crippen molar-refractivity contribution in [2.45, 2.75) is 57.4 Å². The highest BCUT2D eigenvalue weighted by Crippen LogP contribution is 2.29. The zero-order chi connectivity index (χ0) is 31.7. The number of hydrogen-bond acceptors (Lipinski definition) is 9. The molecule has 3 N–H and O–H groups in total. The largest absolute Gasteiger partial charge is 0.497 e. The van der Waals surface area contributed by atoms with Crippen molar-refractivity contribution in [1.29, 1.82) is 0 Å². The lowest BCUT2D eigenvalue weighted by molar-refractivity contribution is -0.134. The van der Waals surface area contributed by atoms with Gasteiger partial charge in [0.15, 0.2) is 11.6 Å². The van der Waals surface area contributed by atoms with Crippen LogP contribution in [0.5, 0.6) is 5.75 Å². The summed E-state index contributed by atoms with van der Waals surface area (Å²) < 4.78 is 16.0. The average molecular weight is 610 g/mol. The van der Waals surface area contributed by atoms with Crippen molar-refractivity contribution in [1.82, 2.24) is 15.5 Å². The fourth-order valence-corrected chi connectivity index (χ4v) is 5.19. The summed E-state index contributed by atoms with van der Waals surface area (Å²) in [6.45, 7) is 6.08. The number of rotatable bonds is 16. The van der Waals surface area contributed by atoms with E-state index in [0.717, 1.165) is 16.7 Å². The van der Waals surface area contributed by atoms with Crippen molar-refractivity contribution in [2.24, 2.45) is 5.92 Å². The van der Waals surface area contributed by atoms with Crippen LogP contribution in [0.25, 0.3) is 0 Å². The number of carbonyl (C=O) groups is 4. The van der Waals surface area contributed by atoms with Crippen LogP contribution in [0.2, 0.25) is 0 Å². The Kier molecular flexibility index (Phi) is 11.6. The van der Waals surface area contributed by atoms with Crippen LogP contribution in [0.3, 0.4) is 0 Å². The molecule has 2 aliphatic heterocycles. The van der Waals surface area contributed by atoms with Gasteiger partial charge in [-0.25, -0.2) is 0 Å². The van der Waals surface area contributed by atoms with Crippen LogP contribution < -0.4 is 15.4 Å². The number of nitrogens with zero attached hydrogens (tertiary/aromatic N) is 1. The minimum Gasteiger partial charge on any atom is -0.497 e. The second kappa shape index (κ2) is 15.4. The van der Waals surface area contributed by atoms with Gasteiger partial charge in [-0.1, -0.05) is 36.4 Å². The van der Waals surface area contributed by atoms with E-state index < -0.39 is 29.5 Å². The highest BCUT2D eigenvalue weighted by atomic mass is 16.6. The number of morpholine rings is 1. The number of hydrogen-bond donors (Lipinski definition) is 3. The molecule has 4 unspecified atom stereocenters. The molecule has 0 aromatic heterocycles. The summed E-state index contributed by atoms with van der Waals surface area (Å²) in [7, 11) is 1.57. The molecule has 238 valence electrons. The predicted octanol–water partition coefficient (Wildman–Crippen LogP) is 1.23. The third-order valence-corrected chi connectivity index (χ3v) is 8.17. The molecular weight excluding hydrogens is 566 g/mol. The average Bonchev–Trinajstić information content (AvgIpc) is 3.79. The monoisotopic (exact) mass is 609 g/mol. The van der Waals surface area contributed by atoms with Gasteiger partial charge in [0, 0.05) is 25.4 Å². The van der Waals surface area contributed by atoms with E-state index in [4.69, 9.17) is 14.2 Å². The number of nitrogens with one attached hydrogen (secondary N) is 2. The molecular formula is C33H43N3O8. The van der Waals surface area contributed by atoms with E-state index in [0.29, 0.717) is 32.1 Å². The van der Waals surface area contributed by atoms with Crippen LogP contribution >= 0.6 is 0 Å². The quantitative estimate of drug-likeness (QED) is 0.239. The van der Waals surface area contributed by atoms with Gasteiger partial charge in [-0.2, -0.15) is 0 Å². The Bertz CT molecular complexity index is 1290. The summed E-state index contributed by atoms with van der Waals surface area (Å²) in [6, 6.07) is 12.7. The lowest BCUT2D eigenvalue weighted by Gasteiger charge is -2.27. The highest BCUT2D eigenvalue weighted by Gasteiger charge is 2.50. The van der Waals surface area contributed by atoms with Gasteiger partial charge < -0.3 is 30.0 Å². The van der Waals surface area contributed by atoms with Gasteiger partial charge in [0.2, 0.25) is 11.8 Å². The maximum absolute atomic E-state index is 13.8. The fraction of sp³-hybridized carbons (Fsp3) is 0.515. The van der Waals surface area contributed by atoms with Crippen LogP contribution in [0, 0.1) is 5.92 Å². The number of carbonyl (C=O) groups excluding carboxylic acids is 4. The van der Waals surface area contributed by atoms with E-state index in [1.165, 1.54) is 0 Å². The Hall–Kier alpha value is -3.64. The summed E-state index contributed by atoms with van der Waals surface area (Å²) in [5, 5.41) is 15.1. The summed E-state index contributed by atoms with van der Waals surface area (Å²) in [6.07, 6.45) is 0.346. The Labute approximate surface area is 258 Å². The molecule has 11 heteroatoms. The van der Waals surface area contributed by atoms with Gasteiger partial charge in [0.25, 0.3) is 0 Å². The van der Waals surface area contributed by atoms with Crippen molar-refractivity contribution >= 4 is 23.4 Å². The lowest BCUT2D eigenvalue weighted by Crippen LogP contribution is -2.50. The minimum atomic E-state index is -0.969. The second-order valence-corrected chi connectivity index (χ2v) is 11.7. The Morgan fingerprint density at radius 3 is 2.14 bits per heavy atom. The Balaban J connectivity index is 1.47. The van der Waals surface area contributed by atoms with E-state index in [9.17, 15) is 24.3 Å². The molecule has 0 aliphatic carbocycles. The first kappa shape index (κ1) is 33.3. The molecule has 2 fully saturated rings. The maximum atomic E-state index is 13.8. The molecule has 4 rings (SSSR count). The van der Waals surface area contributed by atoms with E-state index in [-0.39, 0.29) is 56.5 Å². The van der Waals surface area contributed by atoms with Crippen molar-refractivity contribution in [3.63, 3.8) is 0 Å². The topological polar surface area (TPSA) is 147 Å². The SMILES string of the molecule is COc1ccc(CC(CC(=O)C(C)NC(=O)CN2CCOCC2)C(=O)NC(Cc2ccc(CO)cc2)C(=O)C2(C)CO2)cc1. The lowest BCUT2D eigenvalue weighted by atomic mass is 9.89. The van der Waals surface area contributed by atoms with E-state index in [2.05, 4.69) is 10.6 Å². The van der Waals surface area contributed by atoms with Gasteiger partial charge in [-0.3, -0.25) is 24.1 Å². The van der Waals surface area contributed by atoms with Crippen molar-refractivity contribution in [3.8, 4) is 5.75 Å². The molecule has 2 amide bonds. The normalized spacial score (nSPS) is 20.2. The van der Waals surface area contributed by atoms with Crippen molar-refractivity contribution in [3.05, 3.63) is 65.2 Å². The third kappa shape index (κ3) is 9.43. The second-order valence-electron chi connectivity index (χ2n) is 11.7. The summed E-state index contributed by atoms with van der Waals surface area (Å²) in [5.41, 5.74) is 1.40. The standard InChI is InChI=1S/C33H43N3O8/c1-22(34-30(39)19-36-12-14-43-15-13-36)29(38)18-26(16-23-8-10-27(42-3)11-9-23)32(41)35-28(31(40)33(2)21-44-33)17-24-4-6-25(20-37)7-5-24/h4-11,22,26,28,37H,12-21H2,1-3H3,(H,34,39)(H,35,41). The molecule has 2 aromatic rings.